The zero-order valence-electron chi connectivity index (χ0n) is 13.1. The highest BCUT2D eigenvalue weighted by Crippen LogP contribution is 2.36. The summed E-state index contributed by atoms with van der Waals surface area (Å²) in [6.45, 7) is 2.17. The molecular formula is C16H19N3O5. The molecule has 24 heavy (non-hydrogen) atoms. The van der Waals surface area contributed by atoms with Crippen molar-refractivity contribution in [1.82, 2.24) is 4.90 Å². The van der Waals surface area contributed by atoms with E-state index in [1.807, 2.05) is 11.0 Å². The SMILES string of the molecule is O=C(O)C1CCC1C(=O)N1CCN(c2cccc([N+](=O)[O-])c2)CC1. The number of aliphatic carboxylic acids is 1. The number of nitrogens with zero attached hydrogens (tertiary/aromatic N) is 3. The van der Waals surface area contributed by atoms with Crippen molar-refractivity contribution in [2.45, 2.75) is 12.8 Å². The summed E-state index contributed by atoms with van der Waals surface area (Å²) >= 11 is 0. The van der Waals surface area contributed by atoms with Crippen LogP contribution in [-0.2, 0) is 9.59 Å². The fourth-order valence-corrected chi connectivity index (χ4v) is 3.31. The van der Waals surface area contributed by atoms with Crippen LogP contribution in [0.15, 0.2) is 24.3 Å². The molecule has 8 nitrogen and oxygen atoms in total. The molecule has 2 aliphatic rings. The Hall–Kier alpha value is -2.64. The van der Waals surface area contributed by atoms with Crippen molar-refractivity contribution >= 4 is 23.3 Å². The second-order valence-corrected chi connectivity index (χ2v) is 6.22. The molecule has 128 valence electrons. The molecular weight excluding hydrogens is 314 g/mol. The summed E-state index contributed by atoms with van der Waals surface area (Å²) in [4.78, 5) is 37.7. The second kappa shape index (κ2) is 6.46. The van der Waals surface area contributed by atoms with Gasteiger partial charge >= 0.3 is 5.97 Å². The van der Waals surface area contributed by atoms with Crippen LogP contribution in [0, 0.1) is 22.0 Å². The van der Waals surface area contributed by atoms with Crippen molar-refractivity contribution < 1.29 is 19.6 Å². The Bertz CT molecular complexity index is 669. The van der Waals surface area contributed by atoms with Gasteiger partial charge in [-0.05, 0) is 18.9 Å². The van der Waals surface area contributed by atoms with Crippen LogP contribution >= 0.6 is 0 Å². The number of carboxylic acid groups (broad SMARTS) is 1. The lowest BCUT2D eigenvalue weighted by molar-refractivity contribution is -0.384. The maximum absolute atomic E-state index is 12.4. The molecule has 0 spiro atoms. The van der Waals surface area contributed by atoms with Gasteiger partial charge in [-0.15, -0.1) is 0 Å². The van der Waals surface area contributed by atoms with E-state index in [1.54, 1.807) is 11.0 Å². The van der Waals surface area contributed by atoms with Crippen LogP contribution in [0.1, 0.15) is 12.8 Å². The van der Waals surface area contributed by atoms with Crippen LogP contribution < -0.4 is 4.90 Å². The van der Waals surface area contributed by atoms with E-state index in [9.17, 15) is 19.7 Å². The van der Waals surface area contributed by atoms with Crippen molar-refractivity contribution in [3.05, 3.63) is 34.4 Å². The lowest BCUT2D eigenvalue weighted by Crippen LogP contribution is -2.53. The first-order chi connectivity index (χ1) is 11.5. The number of nitro benzene ring substituents is 1. The number of non-ortho nitro benzene ring substituents is 1. The molecule has 1 amide bonds. The summed E-state index contributed by atoms with van der Waals surface area (Å²) in [7, 11) is 0. The summed E-state index contributed by atoms with van der Waals surface area (Å²) in [5.41, 5.74) is 0.813. The Morgan fingerprint density at radius 3 is 2.33 bits per heavy atom. The van der Waals surface area contributed by atoms with Gasteiger partial charge in [0, 0.05) is 44.0 Å². The zero-order chi connectivity index (χ0) is 17.3. The molecule has 8 heteroatoms. The van der Waals surface area contributed by atoms with Crippen molar-refractivity contribution in [1.29, 1.82) is 0 Å². The smallest absolute Gasteiger partial charge is 0.307 e. The minimum atomic E-state index is -0.894. The van der Waals surface area contributed by atoms with Crippen molar-refractivity contribution in [2.24, 2.45) is 11.8 Å². The molecule has 1 aromatic carbocycles. The Kier molecular flexibility index (Phi) is 4.37. The average molecular weight is 333 g/mol. The summed E-state index contributed by atoms with van der Waals surface area (Å²) in [5, 5.41) is 19.9. The topological polar surface area (TPSA) is 104 Å². The predicted molar refractivity (Wildman–Crippen MR) is 85.7 cm³/mol. The Balaban J connectivity index is 1.60. The van der Waals surface area contributed by atoms with Crippen molar-refractivity contribution in [2.75, 3.05) is 31.1 Å². The van der Waals surface area contributed by atoms with Crippen LogP contribution in [0.5, 0.6) is 0 Å². The quantitative estimate of drug-likeness (QED) is 0.659. The number of anilines is 1. The number of rotatable bonds is 4. The van der Waals surface area contributed by atoms with Gasteiger partial charge in [-0.1, -0.05) is 6.07 Å². The number of carbonyl (C=O) groups is 2. The third kappa shape index (κ3) is 3.04. The number of amides is 1. The first kappa shape index (κ1) is 16.2. The molecule has 1 saturated heterocycles. The molecule has 1 saturated carbocycles. The standard InChI is InChI=1S/C16H19N3O5/c20-15(13-4-5-14(13)16(21)22)18-8-6-17(7-9-18)11-2-1-3-12(10-11)19(23)24/h1-3,10,13-14H,4-9H2,(H,21,22). The van der Waals surface area contributed by atoms with Gasteiger partial charge < -0.3 is 14.9 Å². The molecule has 0 bridgehead atoms. The second-order valence-electron chi connectivity index (χ2n) is 6.22. The lowest BCUT2D eigenvalue weighted by Gasteiger charge is -2.41. The largest absolute Gasteiger partial charge is 0.481 e. The summed E-state index contributed by atoms with van der Waals surface area (Å²) in [6, 6.07) is 6.45. The first-order valence-corrected chi connectivity index (χ1v) is 7.98. The molecule has 2 fully saturated rings. The van der Waals surface area contributed by atoms with Gasteiger partial charge in [0.25, 0.3) is 5.69 Å². The van der Waals surface area contributed by atoms with Crippen LogP contribution in [0.3, 0.4) is 0 Å². The number of carbonyl (C=O) groups excluding carboxylic acids is 1. The van der Waals surface area contributed by atoms with Gasteiger partial charge in [0.2, 0.25) is 5.91 Å². The number of hydrogen-bond donors (Lipinski definition) is 1. The monoisotopic (exact) mass is 333 g/mol. The maximum Gasteiger partial charge on any atom is 0.307 e. The Morgan fingerprint density at radius 2 is 1.79 bits per heavy atom. The van der Waals surface area contributed by atoms with Crippen LogP contribution in [-0.4, -0.2) is 53.0 Å². The predicted octanol–water partition coefficient (Wildman–Crippen LogP) is 1.35. The fourth-order valence-electron chi connectivity index (χ4n) is 3.31. The van der Waals surface area contributed by atoms with Crippen LogP contribution in [0.2, 0.25) is 0 Å². The molecule has 1 N–H and O–H groups in total. The summed E-state index contributed by atoms with van der Waals surface area (Å²) < 4.78 is 0. The van der Waals surface area contributed by atoms with E-state index in [1.165, 1.54) is 12.1 Å². The van der Waals surface area contributed by atoms with E-state index in [0.717, 1.165) is 5.69 Å². The van der Waals surface area contributed by atoms with Gasteiger partial charge in [-0.3, -0.25) is 19.7 Å². The number of nitro groups is 1. The molecule has 0 aromatic heterocycles. The van der Waals surface area contributed by atoms with Crippen LogP contribution in [0.4, 0.5) is 11.4 Å². The Labute approximate surface area is 138 Å². The minimum absolute atomic E-state index is 0.0461. The molecule has 3 rings (SSSR count). The highest BCUT2D eigenvalue weighted by atomic mass is 16.6. The van der Waals surface area contributed by atoms with Gasteiger partial charge in [-0.2, -0.15) is 0 Å². The van der Waals surface area contributed by atoms with E-state index >= 15 is 0 Å². The lowest BCUT2D eigenvalue weighted by atomic mass is 9.73. The van der Waals surface area contributed by atoms with Crippen molar-refractivity contribution in [3.63, 3.8) is 0 Å². The van der Waals surface area contributed by atoms with Gasteiger partial charge in [0.05, 0.1) is 16.8 Å². The van der Waals surface area contributed by atoms with Gasteiger partial charge in [-0.25, -0.2) is 0 Å². The highest BCUT2D eigenvalue weighted by Gasteiger charge is 2.43. The molecule has 2 unspecified atom stereocenters. The molecule has 1 heterocycles. The summed E-state index contributed by atoms with van der Waals surface area (Å²) in [5.74, 6) is -1.92. The third-order valence-electron chi connectivity index (χ3n) is 4.91. The maximum atomic E-state index is 12.4. The fraction of sp³-hybridized carbons (Fsp3) is 0.500. The summed E-state index contributed by atoms with van der Waals surface area (Å²) in [6.07, 6.45) is 1.21. The first-order valence-electron chi connectivity index (χ1n) is 7.98. The van der Waals surface area contributed by atoms with Gasteiger partial charge in [0.1, 0.15) is 0 Å². The van der Waals surface area contributed by atoms with E-state index in [0.29, 0.717) is 39.0 Å². The van der Waals surface area contributed by atoms with E-state index in [4.69, 9.17) is 5.11 Å². The number of benzene rings is 1. The number of piperazine rings is 1. The number of carboxylic acids is 1. The van der Waals surface area contributed by atoms with Crippen molar-refractivity contribution in [3.8, 4) is 0 Å². The van der Waals surface area contributed by atoms with E-state index < -0.39 is 22.7 Å². The molecule has 0 radical (unpaired) electrons. The van der Waals surface area contributed by atoms with Crippen LogP contribution in [0.25, 0.3) is 0 Å². The number of hydrogen-bond acceptors (Lipinski definition) is 5. The molecule has 1 aliphatic carbocycles. The average Bonchev–Trinajstić information content (AvgIpc) is 2.53. The van der Waals surface area contributed by atoms with E-state index in [2.05, 4.69) is 0 Å². The third-order valence-corrected chi connectivity index (χ3v) is 4.91. The zero-order valence-corrected chi connectivity index (χ0v) is 13.1. The molecule has 1 aromatic rings. The van der Waals surface area contributed by atoms with E-state index in [-0.39, 0.29) is 11.6 Å². The minimum Gasteiger partial charge on any atom is -0.481 e. The molecule has 2 atom stereocenters. The molecule has 1 aliphatic heterocycles. The highest BCUT2D eigenvalue weighted by molar-refractivity contribution is 5.86. The van der Waals surface area contributed by atoms with Gasteiger partial charge in [0.15, 0.2) is 0 Å². The Morgan fingerprint density at radius 1 is 1.12 bits per heavy atom. The normalized spacial score (nSPS) is 23.5.